The highest BCUT2D eigenvalue weighted by atomic mass is 16.6. The van der Waals surface area contributed by atoms with Gasteiger partial charge in [-0.1, -0.05) is 26.5 Å². The molecule has 0 amide bonds. The minimum absolute atomic E-state index is 0.0742. The molecule has 0 saturated carbocycles. The van der Waals surface area contributed by atoms with Gasteiger partial charge in [0.2, 0.25) is 0 Å². The lowest BCUT2D eigenvalue weighted by atomic mass is 9.84. The van der Waals surface area contributed by atoms with Gasteiger partial charge >= 0.3 is 11.9 Å². The third kappa shape index (κ3) is 7.62. The van der Waals surface area contributed by atoms with Gasteiger partial charge < -0.3 is 24.3 Å². The first-order valence-electron chi connectivity index (χ1n) is 18.1. The van der Waals surface area contributed by atoms with Gasteiger partial charge in [0, 0.05) is 62.7 Å². The molecule has 5 rings (SSSR count). The topological polar surface area (TPSA) is 148 Å². The second kappa shape index (κ2) is 16.4. The number of carbonyl (C=O) groups excluding carboxylic acids is 2. The smallest absolute Gasteiger partial charge is 0.310 e. The normalized spacial score (nSPS) is 16.4. The van der Waals surface area contributed by atoms with Crippen LogP contribution in [0.5, 0.6) is 0 Å². The molecule has 1 unspecified atom stereocenters. The quantitative estimate of drug-likeness (QED) is 0.123. The summed E-state index contributed by atoms with van der Waals surface area (Å²) in [4.78, 5) is 51.7. The second-order valence-corrected chi connectivity index (χ2v) is 14.2. The van der Waals surface area contributed by atoms with E-state index in [0.717, 1.165) is 80.7 Å². The number of hydrogen-bond acceptors (Lipinski definition) is 9. The summed E-state index contributed by atoms with van der Waals surface area (Å²) in [7, 11) is 6.84. The largest absolute Gasteiger partial charge is 0.469 e. The number of ether oxygens (including phenoxy) is 2. The number of H-pyrrole nitrogens is 2. The van der Waals surface area contributed by atoms with E-state index in [1.54, 1.807) is 0 Å². The van der Waals surface area contributed by atoms with Gasteiger partial charge in [-0.2, -0.15) is 0 Å². The maximum atomic E-state index is 13.3. The fourth-order valence-corrected chi connectivity index (χ4v) is 7.72. The van der Waals surface area contributed by atoms with Crippen molar-refractivity contribution in [2.45, 2.75) is 91.1 Å². The van der Waals surface area contributed by atoms with E-state index < -0.39 is 12.1 Å². The molecule has 0 spiro atoms. The number of rotatable bonds is 13. The number of aromatic amines is 2. The molecule has 0 radical (unpaired) electrons. The summed E-state index contributed by atoms with van der Waals surface area (Å²) >= 11 is 0. The molecule has 278 valence electrons. The van der Waals surface area contributed by atoms with E-state index in [1.165, 1.54) is 19.8 Å². The van der Waals surface area contributed by atoms with Crippen LogP contribution in [-0.4, -0.2) is 77.7 Å². The average Bonchev–Trinajstić information content (AvgIpc) is 3.80. The number of methoxy groups -OCH3 is 2. The van der Waals surface area contributed by atoms with Gasteiger partial charge in [0.1, 0.15) is 6.10 Å². The summed E-state index contributed by atoms with van der Waals surface area (Å²) < 4.78 is 10.3. The Kier molecular flexibility index (Phi) is 12.2. The van der Waals surface area contributed by atoms with Crippen molar-refractivity contribution in [2.24, 2.45) is 5.90 Å². The zero-order valence-corrected chi connectivity index (χ0v) is 32.2. The number of allylic oxidation sites excluding steroid dienone is 1. The first-order chi connectivity index (χ1) is 24.9. The number of nitrogens with two attached hydrogens (primary N) is 1. The van der Waals surface area contributed by atoms with Crippen molar-refractivity contribution >= 4 is 51.2 Å². The second-order valence-electron chi connectivity index (χ2n) is 14.2. The van der Waals surface area contributed by atoms with Crippen LogP contribution in [0.3, 0.4) is 0 Å². The Hall–Kier alpha value is -4.58. The lowest BCUT2D eigenvalue weighted by Gasteiger charge is -2.22. The predicted octanol–water partition coefficient (Wildman–Crippen LogP) is 7.22. The van der Waals surface area contributed by atoms with Crippen molar-refractivity contribution < 1.29 is 23.9 Å². The Morgan fingerprint density at radius 1 is 0.981 bits per heavy atom. The summed E-state index contributed by atoms with van der Waals surface area (Å²) in [5.41, 5.74) is 13.4. The standard InChI is InChI=1S/C41H54N6O5/c1-11-26-22(3)30-19-32-24(5)28(15-16-37(48)50-9)40(45-32)29(18-38(49)51-10)41-39(36(52-42)14-13-17-47(7)8)25(6)33(46-41)21-35-27(12-2)23(4)31(44-35)20-34(26)43-30/h11,19-21,24,28,36,43-44H,1,12-18,42H2,2-10H3/t24-,28-,36?/m0/s1. The average molecular weight is 711 g/mol. The molecule has 0 aromatic carbocycles. The summed E-state index contributed by atoms with van der Waals surface area (Å²) in [6.07, 6.45) is 4.24. The van der Waals surface area contributed by atoms with Crippen LogP contribution in [0.15, 0.2) is 24.8 Å². The van der Waals surface area contributed by atoms with Gasteiger partial charge in [0.15, 0.2) is 0 Å². The molecule has 11 nitrogen and oxygen atoms in total. The fourth-order valence-electron chi connectivity index (χ4n) is 7.72. The summed E-state index contributed by atoms with van der Waals surface area (Å²) in [5, 5.41) is 0. The molecule has 3 atom stereocenters. The van der Waals surface area contributed by atoms with Crippen LogP contribution >= 0.6 is 0 Å². The van der Waals surface area contributed by atoms with Gasteiger partial charge in [-0.25, -0.2) is 10.9 Å². The lowest BCUT2D eigenvalue weighted by molar-refractivity contribution is -0.141. The molecular formula is C41H54N6O5. The number of nitrogens with one attached hydrogen (secondary N) is 2. The Morgan fingerprint density at radius 2 is 1.67 bits per heavy atom. The highest BCUT2D eigenvalue weighted by Crippen LogP contribution is 2.45. The molecule has 0 fully saturated rings. The molecule has 3 aromatic heterocycles. The van der Waals surface area contributed by atoms with Gasteiger partial charge in [0.25, 0.3) is 0 Å². The van der Waals surface area contributed by atoms with E-state index in [4.69, 9.17) is 30.2 Å². The molecule has 0 aliphatic carbocycles. The SMILES string of the molecule is C=Cc1c(C)c2cc3nc(c(CC(=O)OC)c4nc(cc5[nH]c(cc1[nH]2)c(C)c5CC)C(C)=C4C(CCCN(C)C)ON)[C@@H](CCC(=O)OC)[C@@H]3C. The number of aromatic nitrogens is 4. The summed E-state index contributed by atoms with van der Waals surface area (Å²) in [6.45, 7) is 15.5. The van der Waals surface area contributed by atoms with Crippen LogP contribution in [-0.2, 0) is 36.7 Å². The van der Waals surface area contributed by atoms with E-state index in [0.29, 0.717) is 29.8 Å². The molecule has 52 heavy (non-hydrogen) atoms. The highest BCUT2D eigenvalue weighted by molar-refractivity contribution is 5.95. The highest BCUT2D eigenvalue weighted by Gasteiger charge is 2.36. The first kappa shape index (κ1) is 38.6. The number of hydrogen-bond donors (Lipinski definition) is 3. The van der Waals surface area contributed by atoms with Crippen LogP contribution in [0.1, 0.15) is 109 Å². The number of fused-ring (bicyclic) bond motifs is 8. The van der Waals surface area contributed by atoms with Crippen LogP contribution in [0.4, 0.5) is 0 Å². The minimum Gasteiger partial charge on any atom is -0.469 e. The van der Waals surface area contributed by atoms with Gasteiger partial charge in [0.05, 0.1) is 37.7 Å². The van der Waals surface area contributed by atoms with Gasteiger partial charge in [-0.15, -0.1) is 0 Å². The van der Waals surface area contributed by atoms with Crippen LogP contribution in [0.2, 0.25) is 0 Å². The van der Waals surface area contributed by atoms with Gasteiger partial charge in [-0.3, -0.25) is 19.4 Å². The molecule has 3 aromatic rings. The zero-order valence-electron chi connectivity index (χ0n) is 32.2. The Balaban J connectivity index is 1.98. The molecule has 5 heterocycles. The molecule has 11 heteroatoms. The molecule has 2 aliphatic heterocycles. The predicted molar refractivity (Wildman–Crippen MR) is 207 cm³/mol. The fraction of sp³-hybridized carbons (Fsp3) is 0.463. The monoisotopic (exact) mass is 710 g/mol. The maximum absolute atomic E-state index is 13.3. The van der Waals surface area contributed by atoms with Crippen molar-refractivity contribution in [3.05, 3.63) is 75.4 Å². The Labute approximate surface area is 306 Å². The van der Waals surface area contributed by atoms with Crippen molar-refractivity contribution in [1.29, 1.82) is 0 Å². The van der Waals surface area contributed by atoms with E-state index >= 15 is 0 Å². The summed E-state index contributed by atoms with van der Waals surface area (Å²) in [6, 6.07) is 6.30. The van der Waals surface area contributed by atoms with Crippen LogP contribution < -0.4 is 5.90 Å². The molecular weight excluding hydrogens is 656 g/mol. The van der Waals surface area contributed by atoms with E-state index in [-0.39, 0.29) is 30.6 Å². The lowest BCUT2D eigenvalue weighted by Crippen LogP contribution is -2.23. The minimum atomic E-state index is -0.501. The third-order valence-electron chi connectivity index (χ3n) is 10.8. The zero-order chi connectivity index (χ0) is 37.9. The molecule has 2 aliphatic rings. The van der Waals surface area contributed by atoms with Crippen molar-refractivity contribution in [3.8, 4) is 0 Å². The maximum Gasteiger partial charge on any atom is 0.310 e. The third-order valence-corrected chi connectivity index (χ3v) is 10.8. The van der Waals surface area contributed by atoms with Crippen LogP contribution in [0, 0.1) is 13.8 Å². The molecule has 4 N–H and O–H groups in total. The van der Waals surface area contributed by atoms with Crippen molar-refractivity contribution in [3.63, 3.8) is 0 Å². The number of aryl methyl sites for hydroxylation is 3. The number of esters is 2. The molecule has 0 saturated heterocycles. The Morgan fingerprint density at radius 3 is 2.31 bits per heavy atom. The van der Waals surface area contributed by atoms with E-state index in [2.05, 4.69) is 67.3 Å². The van der Waals surface area contributed by atoms with Crippen molar-refractivity contribution in [2.75, 3.05) is 34.9 Å². The first-order valence-corrected chi connectivity index (χ1v) is 18.1. The van der Waals surface area contributed by atoms with Crippen molar-refractivity contribution in [1.82, 2.24) is 24.8 Å². The summed E-state index contributed by atoms with van der Waals surface area (Å²) in [5.74, 6) is 5.05. The van der Waals surface area contributed by atoms with E-state index in [9.17, 15) is 9.59 Å². The molecule has 8 bridgehead atoms. The van der Waals surface area contributed by atoms with Gasteiger partial charge in [-0.05, 0) is 108 Å². The van der Waals surface area contributed by atoms with E-state index in [1.807, 2.05) is 27.1 Å². The van der Waals surface area contributed by atoms with Crippen LogP contribution in [0.25, 0.3) is 39.3 Å². The Bertz CT molecular complexity index is 2060. The number of nitrogens with zero attached hydrogens (tertiary/aromatic N) is 3. The number of carbonyl (C=O) groups is 2.